The molecular weight excluding hydrogens is 1180 g/mol. The van der Waals surface area contributed by atoms with Crippen LogP contribution < -0.4 is 109 Å². The van der Waals surface area contributed by atoms with Crippen molar-refractivity contribution in [3.05, 3.63) is 72.8 Å². The minimum Gasteiger partial charge on any atom is -0.145 e. The summed E-state index contributed by atoms with van der Waals surface area (Å²) in [4.78, 5) is 3.19. The fraction of sp³-hybridized carbons (Fsp3) is 0.167. The lowest BCUT2D eigenvalue weighted by atomic mass is 9.57. The quantitative estimate of drug-likeness (QED) is 0.0854. The van der Waals surface area contributed by atoms with Gasteiger partial charge in [-0.2, -0.15) is 0 Å². The van der Waals surface area contributed by atoms with Crippen LogP contribution in [0.5, 0.6) is 0 Å². The second-order valence-corrected chi connectivity index (χ2v) is 31.6. The normalized spacial score (nSPS) is 12.2. The molecule has 0 bridgehead atoms. The number of hydrogen-bond acceptors (Lipinski definition) is 3. The van der Waals surface area contributed by atoms with E-state index in [0.29, 0.717) is 0 Å². The monoisotopic (exact) mass is 1260 g/mol. The van der Waals surface area contributed by atoms with Gasteiger partial charge in [-0.25, -0.2) is 0 Å². The maximum Gasteiger partial charge on any atom is 0.141 e. The van der Waals surface area contributed by atoms with Crippen LogP contribution >= 0.6 is 37.9 Å². The Morgan fingerprint density at radius 1 is 0.168 bits per heavy atom. The highest BCUT2D eigenvalue weighted by molar-refractivity contribution is 7.81. The number of rotatable bonds is 5. The van der Waals surface area contributed by atoms with Gasteiger partial charge in [-0.1, -0.05) is 92.9 Å². The standard InChI is InChI=1S/C72H80B20S3/c1-14-16(3)28-19(6)20(7)32-38-37(28)29(17(14)4)24(11)51(74)48(38)71(94)65(88)41(32)45-55(78)47(63(86)68(91)61(45)84)49-53(76)35(23(10)31(70(49)93)26-13-27-30(18(5)15(26)2)64(87)72(95)69(92)52(27)75)44-54(77)46(62(85)67(90)60(44)83)43-42-40-34(56(79)59(43)82)22(9)21(8)33-39(40)36(25(12)50(42)73)58(81)66(89)57(33)80/h13,93-95H,73-92H2,1-12H3. The van der Waals surface area contributed by atoms with Crippen molar-refractivity contribution in [2.45, 2.75) is 97.8 Å². The second kappa shape index (κ2) is 22.8. The van der Waals surface area contributed by atoms with Crippen molar-refractivity contribution in [3.63, 3.8) is 0 Å². The van der Waals surface area contributed by atoms with Crippen LogP contribution in [-0.2, 0) is 0 Å². The molecule has 0 aliphatic heterocycles. The van der Waals surface area contributed by atoms with Crippen molar-refractivity contribution in [3.8, 4) is 55.6 Å². The molecule has 0 aromatic heterocycles. The van der Waals surface area contributed by atoms with E-state index >= 15 is 0 Å². The fourth-order valence-electron chi connectivity index (χ4n) is 19.7. The topological polar surface area (TPSA) is 0 Å². The molecule has 0 N–H and O–H groups in total. The Morgan fingerprint density at radius 2 is 0.505 bits per heavy atom. The molecule has 0 atom stereocenters. The zero-order valence-corrected chi connectivity index (χ0v) is 66.1. The Bertz CT molecular complexity index is 5540. The molecule has 13 aromatic carbocycles. The molecular formula is C72H80B20S3. The first kappa shape index (κ1) is 68.1. The van der Waals surface area contributed by atoms with E-state index in [-0.39, 0.29) is 0 Å². The summed E-state index contributed by atoms with van der Waals surface area (Å²) in [6.45, 7) is 28.5. The second-order valence-electron chi connectivity index (χ2n) is 30.3. The summed E-state index contributed by atoms with van der Waals surface area (Å²) < 4.78 is 0. The average molecular weight is 1260 g/mol. The van der Waals surface area contributed by atoms with E-state index < -0.39 is 0 Å². The third-order valence-corrected chi connectivity index (χ3v) is 28.4. The highest BCUT2D eigenvalue weighted by Crippen LogP contribution is 2.49. The van der Waals surface area contributed by atoms with Crippen molar-refractivity contribution in [1.29, 1.82) is 0 Å². The van der Waals surface area contributed by atoms with E-state index in [4.69, 9.17) is 37.9 Å². The Kier molecular flexibility index (Phi) is 16.3. The molecule has 0 heterocycles. The molecule has 0 radical (unpaired) electrons. The van der Waals surface area contributed by atoms with Gasteiger partial charge in [-0.05, 0) is 292 Å². The smallest absolute Gasteiger partial charge is 0.141 e. The molecule has 0 saturated carbocycles. The Hall–Kier alpha value is -5.45. The van der Waals surface area contributed by atoms with E-state index in [1.54, 1.807) is 0 Å². The van der Waals surface area contributed by atoms with Gasteiger partial charge in [0.2, 0.25) is 0 Å². The molecule has 23 heteroatoms. The maximum absolute atomic E-state index is 6.12. The van der Waals surface area contributed by atoms with E-state index in [1.807, 2.05) is 0 Å². The highest BCUT2D eigenvalue weighted by Gasteiger charge is 2.34. The van der Waals surface area contributed by atoms with Crippen molar-refractivity contribution >= 4 is 379 Å². The zero-order valence-electron chi connectivity index (χ0n) is 63.4. The van der Waals surface area contributed by atoms with Gasteiger partial charge in [0.15, 0.2) is 0 Å². The van der Waals surface area contributed by atoms with Gasteiger partial charge in [0, 0.05) is 9.79 Å². The van der Waals surface area contributed by atoms with E-state index in [0.717, 1.165) is 14.7 Å². The molecule has 0 amide bonds. The Labute approximate surface area is 600 Å². The Balaban J connectivity index is 1.23. The summed E-state index contributed by atoms with van der Waals surface area (Å²) in [6, 6.07) is 2.53. The van der Waals surface area contributed by atoms with Crippen LogP contribution in [0.15, 0.2) is 20.8 Å². The molecule has 446 valence electrons. The van der Waals surface area contributed by atoms with E-state index in [2.05, 4.69) is 246 Å². The van der Waals surface area contributed by atoms with Gasteiger partial charge in [0.25, 0.3) is 0 Å². The minimum atomic E-state index is 1.03. The van der Waals surface area contributed by atoms with Crippen LogP contribution in [0, 0.1) is 83.1 Å². The molecule has 0 unspecified atom stereocenters. The molecule has 0 aliphatic rings. The first-order valence-electron chi connectivity index (χ1n) is 34.7. The van der Waals surface area contributed by atoms with Crippen molar-refractivity contribution in [1.82, 2.24) is 0 Å². The minimum absolute atomic E-state index is 1.03. The lowest BCUT2D eigenvalue weighted by Crippen LogP contribution is -2.48. The number of aryl methyl sites for hydroxylation is 9. The Morgan fingerprint density at radius 3 is 1.03 bits per heavy atom. The fourth-order valence-corrected chi connectivity index (χ4v) is 20.9. The number of benzene rings is 13. The van der Waals surface area contributed by atoms with Crippen LogP contribution in [0.25, 0.3) is 131 Å². The van der Waals surface area contributed by atoms with Gasteiger partial charge in [0.05, 0.1) is 0 Å². The third kappa shape index (κ3) is 8.55. The first-order valence-corrected chi connectivity index (χ1v) is 36.1. The number of hydrogen-bond donors (Lipinski definition) is 3. The van der Waals surface area contributed by atoms with Crippen LogP contribution in [0.4, 0.5) is 0 Å². The zero-order chi connectivity index (χ0) is 69.8. The molecule has 0 aliphatic carbocycles. The maximum atomic E-state index is 6.12. The summed E-state index contributed by atoms with van der Waals surface area (Å²) in [6.07, 6.45) is 0. The summed E-state index contributed by atoms with van der Waals surface area (Å²) in [7, 11) is 47.7. The lowest BCUT2D eigenvalue weighted by molar-refractivity contribution is 1.29. The van der Waals surface area contributed by atoms with Gasteiger partial charge in [-0.15, -0.1) is 54.3 Å². The van der Waals surface area contributed by atoms with E-state index in [1.165, 1.54) is 307 Å². The van der Waals surface area contributed by atoms with Gasteiger partial charge in [-0.3, -0.25) is 0 Å². The number of fused-ring (bicyclic) bond motifs is 1. The summed E-state index contributed by atoms with van der Waals surface area (Å²) in [5, 5.41) is 19.4. The SMILES string of the molecule is Bc1c(B)c(-c2c(B)c(-c3c(B)c(B)c(B)c(-c4c(B)c(S)c5c(B)c(C)c6c(C)c(C)c(C)c7c(C)c(C)c4c5c67)c3B)c(S)c(-c3cc4c(B)c(B)c(S)c(B)c4c(C)c3C)c2C)c(B)c(-c2c(B)c(B)c3c(C)c(C)c4c(B)c(B)c(B)c5c(C)c(B)c2c3c54)c1B. The molecule has 0 saturated heterocycles. The molecule has 0 spiro atoms. The van der Waals surface area contributed by atoms with Crippen molar-refractivity contribution < 1.29 is 0 Å². The molecule has 0 nitrogen and oxygen atoms in total. The van der Waals surface area contributed by atoms with Gasteiger partial charge >= 0.3 is 0 Å². The summed E-state index contributed by atoms with van der Waals surface area (Å²) >= 11 is 17.0. The first-order chi connectivity index (χ1) is 44.4. The van der Waals surface area contributed by atoms with E-state index in [9.17, 15) is 0 Å². The van der Waals surface area contributed by atoms with Crippen LogP contribution in [-0.4, -0.2) is 157 Å². The summed E-state index contributed by atoms with van der Waals surface area (Å²) in [5.41, 5.74) is 55.7. The summed E-state index contributed by atoms with van der Waals surface area (Å²) in [5.74, 6) is 0. The predicted octanol–water partition coefficient (Wildman–Crippen LogP) is -13.3. The van der Waals surface area contributed by atoms with Crippen LogP contribution in [0.2, 0.25) is 0 Å². The van der Waals surface area contributed by atoms with Crippen LogP contribution in [0.1, 0.15) is 66.8 Å². The molecule has 13 rings (SSSR count). The van der Waals surface area contributed by atoms with Gasteiger partial charge < -0.3 is 0 Å². The molecule has 13 aromatic rings. The van der Waals surface area contributed by atoms with Gasteiger partial charge in [0.1, 0.15) is 157 Å². The molecule has 95 heavy (non-hydrogen) atoms. The lowest BCUT2D eigenvalue weighted by Gasteiger charge is -2.33. The third-order valence-electron chi connectivity index (χ3n) is 26.7. The van der Waals surface area contributed by atoms with Crippen molar-refractivity contribution in [2.75, 3.05) is 0 Å². The largest absolute Gasteiger partial charge is 0.145 e. The highest BCUT2D eigenvalue weighted by atomic mass is 32.1. The molecule has 0 fully saturated rings. The van der Waals surface area contributed by atoms with Crippen LogP contribution in [0.3, 0.4) is 0 Å². The van der Waals surface area contributed by atoms with Crippen molar-refractivity contribution in [2.24, 2.45) is 0 Å². The number of thiol groups is 3. The predicted molar refractivity (Wildman–Crippen MR) is 501 cm³/mol. The average Bonchev–Trinajstić information content (AvgIpc) is 0.692.